The Labute approximate surface area is 98.1 Å². The number of aryl methyl sites for hydroxylation is 1. The van der Waals surface area contributed by atoms with Gasteiger partial charge in [0, 0.05) is 25.6 Å². The minimum absolute atomic E-state index is 0.335. The average Bonchev–Trinajstić information content (AvgIpc) is 2.64. The van der Waals surface area contributed by atoms with E-state index in [1.807, 2.05) is 17.7 Å². The normalized spacial score (nSPS) is 10.7. The van der Waals surface area contributed by atoms with Crippen molar-refractivity contribution in [1.82, 2.24) is 19.5 Å². The van der Waals surface area contributed by atoms with E-state index in [9.17, 15) is 0 Å². The standard InChI is InChI=1S/C10H11ClN4O/c1-7-12-3-4-15(7)10-5-8(11)13-9(14-10)6-16-2/h3-5H,6H2,1-2H3. The summed E-state index contributed by atoms with van der Waals surface area (Å²) in [6, 6.07) is 1.69. The molecule has 0 saturated carbocycles. The molecule has 0 aliphatic rings. The zero-order valence-corrected chi connectivity index (χ0v) is 9.77. The molecule has 84 valence electrons. The smallest absolute Gasteiger partial charge is 0.158 e. The summed E-state index contributed by atoms with van der Waals surface area (Å²) >= 11 is 5.91. The first-order chi connectivity index (χ1) is 7.70. The first-order valence-electron chi connectivity index (χ1n) is 4.73. The van der Waals surface area contributed by atoms with Gasteiger partial charge in [-0.1, -0.05) is 11.6 Å². The molecule has 5 nitrogen and oxygen atoms in total. The number of aromatic nitrogens is 4. The van der Waals surface area contributed by atoms with E-state index in [4.69, 9.17) is 16.3 Å². The van der Waals surface area contributed by atoms with Crippen molar-refractivity contribution >= 4 is 11.6 Å². The van der Waals surface area contributed by atoms with Gasteiger partial charge in [-0.3, -0.25) is 4.57 Å². The molecule has 0 fully saturated rings. The van der Waals surface area contributed by atoms with Gasteiger partial charge in [0.1, 0.15) is 23.4 Å². The van der Waals surface area contributed by atoms with Crippen molar-refractivity contribution in [3.63, 3.8) is 0 Å². The van der Waals surface area contributed by atoms with E-state index in [-0.39, 0.29) is 0 Å². The van der Waals surface area contributed by atoms with Crippen LogP contribution in [0.5, 0.6) is 0 Å². The Kier molecular flexibility index (Phi) is 3.17. The number of hydrogen-bond acceptors (Lipinski definition) is 4. The summed E-state index contributed by atoms with van der Waals surface area (Å²) in [5.41, 5.74) is 0. The van der Waals surface area contributed by atoms with Crippen LogP contribution in [0.3, 0.4) is 0 Å². The van der Waals surface area contributed by atoms with Gasteiger partial charge in [-0.05, 0) is 6.92 Å². The lowest BCUT2D eigenvalue weighted by atomic mass is 10.5. The number of nitrogens with zero attached hydrogens (tertiary/aromatic N) is 4. The first kappa shape index (κ1) is 11.0. The molecule has 2 rings (SSSR count). The maximum Gasteiger partial charge on any atom is 0.158 e. The largest absolute Gasteiger partial charge is 0.377 e. The highest BCUT2D eigenvalue weighted by atomic mass is 35.5. The molecule has 16 heavy (non-hydrogen) atoms. The molecule has 0 aromatic carbocycles. The summed E-state index contributed by atoms with van der Waals surface area (Å²) in [7, 11) is 1.59. The first-order valence-corrected chi connectivity index (χ1v) is 5.11. The molecular weight excluding hydrogens is 228 g/mol. The van der Waals surface area contributed by atoms with Crippen LogP contribution in [0.1, 0.15) is 11.6 Å². The van der Waals surface area contributed by atoms with Crippen LogP contribution < -0.4 is 0 Å². The highest BCUT2D eigenvalue weighted by molar-refractivity contribution is 6.29. The van der Waals surface area contributed by atoms with Crippen LogP contribution in [0.25, 0.3) is 5.82 Å². The van der Waals surface area contributed by atoms with Crippen molar-refractivity contribution < 1.29 is 4.74 Å². The van der Waals surface area contributed by atoms with Gasteiger partial charge >= 0.3 is 0 Å². The van der Waals surface area contributed by atoms with Crippen LogP contribution in [-0.4, -0.2) is 26.6 Å². The van der Waals surface area contributed by atoms with E-state index in [0.29, 0.717) is 23.4 Å². The number of ether oxygens (including phenoxy) is 1. The Morgan fingerprint density at radius 2 is 2.25 bits per heavy atom. The lowest BCUT2D eigenvalue weighted by Crippen LogP contribution is -2.04. The lowest BCUT2D eigenvalue weighted by molar-refractivity contribution is 0.177. The summed E-state index contributed by atoms with van der Waals surface area (Å²) < 4.78 is 6.82. The predicted molar refractivity (Wildman–Crippen MR) is 59.6 cm³/mol. The fourth-order valence-corrected chi connectivity index (χ4v) is 1.58. The van der Waals surface area contributed by atoms with Gasteiger partial charge in [-0.25, -0.2) is 15.0 Å². The van der Waals surface area contributed by atoms with Crippen molar-refractivity contribution in [3.05, 3.63) is 35.3 Å². The summed E-state index contributed by atoms with van der Waals surface area (Å²) in [4.78, 5) is 12.5. The van der Waals surface area contributed by atoms with Crippen molar-refractivity contribution in [2.24, 2.45) is 0 Å². The van der Waals surface area contributed by atoms with Crippen molar-refractivity contribution in [3.8, 4) is 5.82 Å². The maximum atomic E-state index is 5.91. The van der Waals surface area contributed by atoms with Gasteiger partial charge in [0.15, 0.2) is 5.82 Å². The molecule has 6 heteroatoms. The van der Waals surface area contributed by atoms with Crippen LogP contribution in [0.15, 0.2) is 18.5 Å². The molecule has 0 radical (unpaired) electrons. The Bertz CT molecular complexity index is 497. The second-order valence-electron chi connectivity index (χ2n) is 3.24. The SMILES string of the molecule is COCc1nc(Cl)cc(-n2ccnc2C)n1. The van der Waals surface area contributed by atoms with Gasteiger partial charge in [0.25, 0.3) is 0 Å². The fraction of sp³-hybridized carbons (Fsp3) is 0.300. The predicted octanol–water partition coefficient (Wildman–Crippen LogP) is 1.77. The maximum absolute atomic E-state index is 5.91. The number of rotatable bonds is 3. The monoisotopic (exact) mass is 238 g/mol. The van der Waals surface area contributed by atoms with Crippen LogP contribution in [0.2, 0.25) is 5.15 Å². The minimum atomic E-state index is 0.335. The second-order valence-corrected chi connectivity index (χ2v) is 3.63. The molecule has 0 unspecified atom stereocenters. The Hall–Kier alpha value is -1.46. The van der Waals surface area contributed by atoms with E-state index in [1.165, 1.54) is 0 Å². The third-order valence-electron chi connectivity index (χ3n) is 2.07. The molecule has 0 aliphatic heterocycles. The third-order valence-corrected chi connectivity index (χ3v) is 2.27. The van der Waals surface area contributed by atoms with Crippen molar-refractivity contribution in [2.45, 2.75) is 13.5 Å². The zero-order valence-electron chi connectivity index (χ0n) is 9.01. The van der Waals surface area contributed by atoms with Crippen LogP contribution in [0.4, 0.5) is 0 Å². The molecular formula is C10H11ClN4O. The third kappa shape index (κ3) is 2.20. The van der Waals surface area contributed by atoms with Crippen LogP contribution in [0, 0.1) is 6.92 Å². The van der Waals surface area contributed by atoms with Gasteiger partial charge in [0.05, 0.1) is 0 Å². The fourth-order valence-electron chi connectivity index (χ4n) is 1.39. The number of hydrogen-bond donors (Lipinski definition) is 0. The summed E-state index contributed by atoms with van der Waals surface area (Å²) in [5, 5.41) is 0.394. The summed E-state index contributed by atoms with van der Waals surface area (Å²) in [6.45, 7) is 2.23. The molecule has 2 aromatic heterocycles. The molecule has 0 spiro atoms. The van der Waals surface area contributed by atoms with Gasteiger partial charge in [0.2, 0.25) is 0 Å². The van der Waals surface area contributed by atoms with E-state index >= 15 is 0 Å². The highest BCUT2D eigenvalue weighted by Crippen LogP contribution is 2.13. The van der Waals surface area contributed by atoms with E-state index < -0.39 is 0 Å². The second kappa shape index (κ2) is 4.59. The van der Waals surface area contributed by atoms with Gasteiger partial charge in [-0.15, -0.1) is 0 Å². The quantitative estimate of drug-likeness (QED) is 0.765. The van der Waals surface area contributed by atoms with Crippen molar-refractivity contribution in [1.29, 1.82) is 0 Å². The number of halogens is 1. The minimum Gasteiger partial charge on any atom is -0.377 e. The molecule has 0 bridgehead atoms. The Morgan fingerprint density at radius 1 is 1.44 bits per heavy atom. The molecule has 0 N–H and O–H groups in total. The van der Waals surface area contributed by atoms with E-state index in [2.05, 4.69) is 15.0 Å². The van der Waals surface area contributed by atoms with Crippen LogP contribution >= 0.6 is 11.6 Å². The van der Waals surface area contributed by atoms with E-state index in [0.717, 1.165) is 5.82 Å². The Morgan fingerprint density at radius 3 is 2.88 bits per heavy atom. The van der Waals surface area contributed by atoms with Crippen molar-refractivity contribution in [2.75, 3.05) is 7.11 Å². The topological polar surface area (TPSA) is 52.8 Å². The summed E-state index contributed by atoms with van der Waals surface area (Å²) in [6.07, 6.45) is 3.53. The van der Waals surface area contributed by atoms with Crippen LogP contribution in [-0.2, 0) is 11.3 Å². The Balaban J connectivity index is 2.45. The molecule has 2 aromatic rings. The number of methoxy groups -OCH3 is 1. The van der Waals surface area contributed by atoms with Gasteiger partial charge in [-0.2, -0.15) is 0 Å². The molecule has 2 heterocycles. The molecule has 0 aliphatic carbocycles. The highest BCUT2D eigenvalue weighted by Gasteiger charge is 2.06. The zero-order chi connectivity index (χ0) is 11.5. The van der Waals surface area contributed by atoms with E-state index in [1.54, 1.807) is 19.4 Å². The average molecular weight is 239 g/mol. The lowest BCUT2D eigenvalue weighted by Gasteiger charge is -2.06. The summed E-state index contributed by atoms with van der Waals surface area (Å²) in [5.74, 6) is 2.10. The molecule has 0 saturated heterocycles. The number of imidazole rings is 1. The molecule has 0 atom stereocenters. The molecule has 0 amide bonds. The van der Waals surface area contributed by atoms with Gasteiger partial charge < -0.3 is 4.74 Å².